The second kappa shape index (κ2) is 5.04. The van der Waals surface area contributed by atoms with E-state index >= 15 is 0 Å². The highest BCUT2D eigenvalue weighted by atomic mass is 16.4. The van der Waals surface area contributed by atoms with Crippen LogP contribution in [0.5, 0.6) is 0 Å². The maximum atomic E-state index is 11.9. The summed E-state index contributed by atoms with van der Waals surface area (Å²) in [6.45, 7) is 0.441. The quantitative estimate of drug-likeness (QED) is 0.276. The van der Waals surface area contributed by atoms with Gasteiger partial charge < -0.3 is 15.8 Å². The highest BCUT2D eigenvalue weighted by Gasteiger charge is 2.17. The molecule has 1 aromatic carbocycles. The van der Waals surface area contributed by atoms with E-state index in [1.54, 1.807) is 35.2 Å². The van der Waals surface area contributed by atoms with Crippen molar-refractivity contribution >= 4 is 29.7 Å². The molecule has 0 aliphatic heterocycles. The molecule has 0 amide bonds. The summed E-state index contributed by atoms with van der Waals surface area (Å²) in [5.41, 5.74) is 7.30. The van der Waals surface area contributed by atoms with Gasteiger partial charge in [0.15, 0.2) is 0 Å². The van der Waals surface area contributed by atoms with Crippen molar-refractivity contribution in [3.8, 4) is 0 Å². The molecule has 3 rings (SSSR count). The summed E-state index contributed by atoms with van der Waals surface area (Å²) in [7, 11) is -1.49. The first-order valence-electron chi connectivity index (χ1n) is 6.26. The van der Waals surface area contributed by atoms with Crippen molar-refractivity contribution < 1.29 is 14.6 Å². The lowest BCUT2D eigenvalue weighted by atomic mass is 9.80. The lowest BCUT2D eigenvalue weighted by Gasteiger charge is -2.02. The topological polar surface area (TPSA) is 132 Å². The predicted molar refractivity (Wildman–Crippen MR) is 76.7 cm³/mol. The summed E-state index contributed by atoms with van der Waals surface area (Å²) in [6.07, 6.45) is 1.64. The van der Waals surface area contributed by atoms with Gasteiger partial charge in [-0.15, -0.1) is 0 Å². The summed E-state index contributed by atoms with van der Waals surface area (Å²) in [5.74, 6) is 0.0581. The predicted octanol–water partition coefficient (Wildman–Crippen LogP) is -2.15. The molecular formula is C12H13BN5O3+. The Hall–Kier alpha value is -2.65. The van der Waals surface area contributed by atoms with Gasteiger partial charge >= 0.3 is 12.7 Å². The Balaban J connectivity index is 1.97. The molecule has 0 saturated heterocycles. The molecule has 106 valence electrons. The number of nitrogens with one attached hydrogen (secondary N) is 2. The summed E-state index contributed by atoms with van der Waals surface area (Å²) < 4.78 is 1.71. The van der Waals surface area contributed by atoms with Crippen LogP contribution in [0.4, 0.5) is 5.95 Å². The van der Waals surface area contributed by atoms with E-state index < -0.39 is 7.12 Å². The van der Waals surface area contributed by atoms with Gasteiger partial charge in [-0.25, -0.2) is 9.55 Å². The van der Waals surface area contributed by atoms with E-state index in [-0.39, 0.29) is 11.5 Å². The molecule has 8 nitrogen and oxygen atoms in total. The maximum absolute atomic E-state index is 11.9. The van der Waals surface area contributed by atoms with Crippen LogP contribution in [0.1, 0.15) is 5.56 Å². The van der Waals surface area contributed by atoms with Crippen LogP contribution in [-0.2, 0) is 6.54 Å². The van der Waals surface area contributed by atoms with E-state index in [0.29, 0.717) is 23.2 Å². The van der Waals surface area contributed by atoms with Gasteiger partial charge in [0.2, 0.25) is 12.3 Å². The normalized spacial score (nSPS) is 11.0. The molecule has 3 aromatic rings. The molecular weight excluding hydrogens is 273 g/mol. The molecule has 0 spiro atoms. The number of H-pyrrole nitrogens is 2. The van der Waals surface area contributed by atoms with Gasteiger partial charge in [0.1, 0.15) is 6.54 Å². The molecule has 2 aromatic heterocycles. The molecule has 0 fully saturated rings. The fourth-order valence-electron chi connectivity index (χ4n) is 2.17. The van der Waals surface area contributed by atoms with Crippen LogP contribution in [0, 0.1) is 0 Å². The third-order valence-corrected chi connectivity index (χ3v) is 3.19. The second-order valence-electron chi connectivity index (χ2n) is 4.66. The lowest BCUT2D eigenvalue weighted by Crippen LogP contribution is -2.37. The van der Waals surface area contributed by atoms with E-state index in [1.807, 2.05) is 0 Å². The van der Waals surface area contributed by atoms with Crippen LogP contribution >= 0.6 is 0 Å². The third-order valence-electron chi connectivity index (χ3n) is 3.19. The Morgan fingerprint density at radius 3 is 2.67 bits per heavy atom. The van der Waals surface area contributed by atoms with Crippen molar-refractivity contribution in [1.82, 2.24) is 15.0 Å². The van der Waals surface area contributed by atoms with Crippen LogP contribution in [0.3, 0.4) is 0 Å². The van der Waals surface area contributed by atoms with Crippen LogP contribution in [0.25, 0.3) is 11.2 Å². The van der Waals surface area contributed by atoms with E-state index in [0.717, 1.165) is 5.56 Å². The van der Waals surface area contributed by atoms with Crippen LogP contribution in [0.2, 0.25) is 0 Å². The molecule has 0 aliphatic carbocycles. The van der Waals surface area contributed by atoms with E-state index in [9.17, 15) is 4.79 Å². The van der Waals surface area contributed by atoms with Gasteiger partial charge in [0.25, 0.3) is 11.2 Å². The number of aromatic nitrogens is 4. The number of nitrogens with two attached hydrogens (primary N) is 1. The van der Waals surface area contributed by atoms with Gasteiger partial charge in [0.05, 0.1) is 0 Å². The summed E-state index contributed by atoms with van der Waals surface area (Å²) in [4.78, 5) is 21.3. The molecule has 0 radical (unpaired) electrons. The lowest BCUT2D eigenvalue weighted by molar-refractivity contribution is -0.662. The first-order chi connectivity index (χ1) is 10.0. The molecule has 9 heteroatoms. The number of rotatable bonds is 3. The van der Waals surface area contributed by atoms with Crippen molar-refractivity contribution in [3.63, 3.8) is 0 Å². The number of imidazole rings is 1. The average Bonchev–Trinajstić information content (AvgIpc) is 2.82. The first-order valence-corrected chi connectivity index (χ1v) is 6.26. The molecule has 6 N–H and O–H groups in total. The summed E-state index contributed by atoms with van der Waals surface area (Å²) in [5, 5.41) is 18.1. The Kier molecular flexibility index (Phi) is 3.20. The zero-order chi connectivity index (χ0) is 15.0. The van der Waals surface area contributed by atoms with E-state index in [1.165, 1.54) is 0 Å². The third kappa shape index (κ3) is 2.51. The number of nitrogens with zero attached hydrogens (tertiary/aromatic N) is 2. The standard InChI is InChI=1S/C12H12BN5O3/c14-12-16-10-9(11(19)17-12)18(6-15-10)5-7-1-3-8(4-2-7)13(20)21/h1-4,6,20-21H,5H2,(H3,14,16,17,19)/p+1. The zero-order valence-corrected chi connectivity index (χ0v) is 10.9. The number of hydrogen-bond acceptors (Lipinski definition) is 5. The van der Waals surface area contributed by atoms with Crippen molar-refractivity contribution in [1.29, 1.82) is 0 Å². The van der Waals surface area contributed by atoms with E-state index in [2.05, 4.69) is 15.0 Å². The number of anilines is 1. The number of benzene rings is 1. The largest absolute Gasteiger partial charge is 0.488 e. The minimum atomic E-state index is -1.49. The molecule has 0 atom stereocenters. The highest BCUT2D eigenvalue weighted by Crippen LogP contribution is 2.02. The second-order valence-corrected chi connectivity index (χ2v) is 4.66. The summed E-state index contributed by atoms with van der Waals surface area (Å²) >= 11 is 0. The zero-order valence-electron chi connectivity index (χ0n) is 10.9. The molecule has 0 saturated carbocycles. The molecule has 0 unspecified atom stereocenters. The fourth-order valence-corrected chi connectivity index (χ4v) is 2.17. The van der Waals surface area contributed by atoms with Crippen LogP contribution in [0.15, 0.2) is 35.4 Å². The fraction of sp³-hybridized carbons (Fsp3) is 0.0833. The summed E-state index contributed by atoms with van der Waals surface area (Å²) in [6, 6.07) is 6.77. The SMILES string of the molecule is Nc1nc2[nH]c[n+](Cc3ccc(B(O)O)cc3)c2c(=O)[nH]1. The minimum absolute atomic E-state index is 0.0581. The van der Waals surface area contributed by atoms with Gasteiger partial charge in [-0.1, -0.05) is 24.3 Å². The maximum Gasteiger partial charge on any atom is 0.488 e. The van der Waals surface area contributed by atoms with E-state index in [4.69, 9.17) is 15.8 Å². The Bertz CT molecular complexity index is 840. The van der Waals surface area contributed by atoms with Crippen molar-refractivity contribution in [2.45, 2.75) is 6.54 Å². The van der Waals surface area contributed by atoms with Crippen LogP contribution < -0.4 is 21.3 Å². The smallest absolute Gasteiger partial charge is 0.423 e. The average molecular weight is 286 g/mol. The molecule has 21 heavy (non-hydrogen) atoms. The Morgan fingerprint density at radius 1 is 1.29 bits per heavy atom. The highest BCUT2D eigenvalue weighted by molar-refractivity contribution is 6.58. The van der Waals surface area contributed by atoms with Gasteiger partial charge in [-0.05, 0) is 11.0 Å². The number of fused-ring (bicyclic) bond motifs is 1. The van der Waals surface area contributed by atoms with Crippen LogP contribution in [-0.4, -0.2) is 32.1 Å². The van der Waals surface area contributed by atoms with Gasteiger partial charge in [-0.2, -0.15) is 4.98 Å². The van der Waals surface area contributed by atoms with Gasteiger partial charge in [-0.3, -0.25) is 9.78 Å². The van der Waals surface area contributed by atoms with Crippen molar-refractivity contribution in [2.75, 3.05) is 5.73 Å². The van der Waals surface area contributed by atoms with Crippen molar-refractivity contribution in [2.24, 2.45) is 0 Å². The Morgan fingerprint density at radius 2 is 2.00 bits per heavy atom. The first kappa shape index (κ1) is 13.3. The van der Waals surface area contributed by atoms with Crippen molar-refractivity contribution in [3.05, 3.63) is 46.5 Å². The Labute approximate surface area is 119 Å². The molecule has 0 aliphatic rings. The molecule has 0 bridgehead atoms. The molecule has 2 heterocycles. The monoisotopic (exact) mass is 286 g/mol. The number of hydrogen-bond donors (Lipinski definition) is 5. The van der Waals surface area contributed by atoms with Gasteiger partial charge in [0, 0.05) is 0 Å². The number of aromatic amines is 2. The minimum Gasteiger partial charge on any atom is -0.423 e. The number of nitrogen functional groups attached to an aromatic ring is 1.